The Labute approximate surface area is 220 Å². The van der Waals surface area contributed by atoms with Crippen LogP contribution in [0.4, 0.5) is 29.3 Å². The number of aryl methyl sites for hydroxylation is 1. The third-order valence-electron chi connectivity index (χ3n) is 6.86. The molecule has 5 rings (SSSR count). The van der Waals surface area contributed by atoms with Gasteiger partial charge in [0.25, 0.3) is 5.56 Å². The summed E-state index contributed by atoms with van der Waals surface area (Å²) in [6.45, 7) is 2.29. The number of nitrogens with one attached hydrogen (secondary N) is 2. The van der Waals surface area contributed by atoms with E-state index in [1.54, 1.807) is 13.3 Å². The molecule has 15 heteroatoms. The smallest absolute Gasteiger partial charge is 0.417 e. The molecule has 2 fully saturated rings. The number of rotatable bonds is 6. The van der Waals surface area contributed by atoms with Crippen molar-refractivity contribution < 1.29 is 32.2 Å². The third-order valence-corrected chi connectivity index (χ3v) is 6.86. The van der Waals surface area contributed by atoms with Crippen LogP contribution in [0.3, 0.4) is 0 Å². The topological polar surface area (TPSA) is 127 Å². The van der Waals surface area contributed by atoms with Crippen molar-refractivity contribution in [2.45, 2.75) is 24.7 Å². The molecular weight excluding hydrogens is 523 g/mol. The summed E-state index contributed by atoms with van der Waals surface area (Å²) in [5.74, 6) is 0.420. The van der Waals surface area contributed by atoms with Crippen molar-refractivity contribution in [1.29, 1.82) is 0 Å². The molecule has 0 aliphatic carbocycles. The average Bonchev–Trinajstić information content (AvgIpc) is 3.32. The lowest BCUT2D eigenvalue weighted by Crippen LogP contribution is -2.61. The molecule has 3 aromatic heterocycles. The Morgan fingerprint density at radius 1 is 1.28 bits per heavy atom. The largest absolute Gasteiger partial charge is 0.474 e. The van der Waals surface area contributed by atoms with E-state index < -0.39 is 29.0 Å². The zero-order valence-electron chi connectivity index (χ0n) is 21.3. The highest BCUT2D eigenvalue weighted by Gasteiger charge is 2.40. The third kappa shape index (κ3) is 5.49. The fraction of sp³-hybridized carbons (Fsp3) is 0.500. The molecule has 2 aliphatic rings. The summed E-state index contributed by atoms with van der Waals surface area (Å²) in [4.78, 5) is 33.6. The standard InChI is InChI=1S/C24H28F3N7O5/c1-32-12-14(24(25,26)27)9-17(22(32)35)29-23(36)34-5-6-38-19-13-33(4-3-18(19)34)15-10-16-20(28-11-15)30-31-21(16)39-8-7-37-2/h9-12,18-19H,3-8,13H2,1-2H3,(H,29,36)(H,28,30,31)/t18-,19-/m0/s1. The van der Waals surface area contributed by atoms with Crippen LogP contribution < -0.4 is 20.5 Å². The van der Waals surface area contributed by atoms with E-state index in [-0.39, 0.29) is 25.3 Å². The molecule has 2 atom stereocenters. The van der Waals surface area contributed by atoms with Crippen LogP contribution in [0.2, 0.25) is 0 Å². The zero-order valence-corrected chi connectivity index (χ0v) is 21.3. The molecule has 2 aliphatic heterocycles. The quantitative estimate of drug-likeness (QED) is 0.447. The van der Waals surface area contributed by atoms with Crippen LogP contribution in [0.25, 0.3) is 11.0 Å². The maximum Gasteiger partial charge on any atom is 0.417 e. The Morgan fingerprint density at radius 2 is 2.10 bits per heavy atom. The van der Waals surface area contributed by atoms with Crippen molar-refractivity contribution >= 4 is 28.4 Å². The van der Waals surface area contributed by atoms with Gasteiger partial charge in [-0.25, -0.2) is 9.78 Å². The van der Waals surface area contributed by atoms with Gasteiger partial charge < -0.3 is 33.9 Å². The van der Waals surface area contributed by atoms with Gasteiger partial charge in [0.15, 0.2) is 5.65 Å². The lowest BCUT2D eigenvalue weighted by Gasteiger charge is -2.47. The Kier molecular flexibility index (Phi) is 7.36. The summed E-state index contributed by atoms with van der Waals surface area (Å²) in [6.07, 6.45) is -2.05. The number of alkyl halides is 3. The fourth-order valence-electron chi connectivity index (χ4n) is 4.90. The van der Waals surface area contributed by atoms with Crippen molar-refractivity contribution in [2.75, 3.05) is 56.8 Å². The number of piperidine rings is 1. The van der Waals surface area contributed by atoms with Crippen molar-refractivity contribution in [3.8, 4) is 5.88 Å². The van der Waals surface area contributed by atoms with Crippen LogP contribution in [0.1, 0.15) is 12.0 Å². The summed E-state index contributed by atoms with van der Waals surface area (Å²) in [7, 11) is 2.79. The molecule has 210 valence electrons. The van der Waals surface area contributed by atoms with Crippen LogP contribution in [-0.2, 0) is 22.7 Å². The molecule has 0 aromatic carbocycles. The molecule has 3 aromatic rings. The number of aromatic nitrogens is 4. The van der Waals surface area contributed by atoms with E-state index >= 15 is 0 Å². The maximum absolute atomic E-state index is 13.2. The molecule has 5 heterocycles. The lowest BCUT2D eigenvalue weighted by atomic mass is 9.98. The number of urea groups is 1. The van der Waals surface area contributed by atoms with Crippen LogP contribution in [0.15, 0.2) is 29.3 Å². The van der Waals surface area contributed by atoms with Crippen LogP contribution in [-0.4, -0.2) is 89.4 Å². The van der Waals surface area contributed by atoms with Crippen molar-refractivity contribution in [3.63, 3.8) is 0 Å². The maximum atomic E-state index is 13.2. The van der Waals surface area contributed by atoms with Gasteiger partial charge in [-0.05, 0) is 18.6 Å². The number of carbonyl (C=O) groups excluding carboxylic acids is 1. The first kappa shape index (κ1) is 26.7. The highest BCUT2D eigenvalue weighted by atomic mass is 19.4. The van der Waals surface area contributed by atoms with Gasteiger partial charge in [0, 0.05) is 40.0 Å². The second-order valence-electron chi connectivity index (χ2n) is 9.35. The minimum Gasteiger partial charge on any atom is -0.474 e. The van der Waals surface area contributed by atoms with E-state index in [4.69, 9.17) is 14.2 Å². The van der Waals surface area contributed by atoms with Crippen molar-refractivity contribution in [3.05, 3.63) is 40.4 Å². The molecule has 0 unspecified atom stereocenters. The van der Waals surface area contributed by atoms with Gasteiger partial charge in [0.05, 0.1) is 48.2 Å². The van der Waals surface area contributed by atoms with Gasteiger partial charge in [-0.3, -0.25) is 9.89 Å². The Balaban J connectivity index is 1.29. The molecule has 39 heavy (non-hydrogen) atoms. The summed E-state index contributed by atoms with van der Waals surface area (Å²) < 4.78 is 57.2. The number of ether oxygens (including phenoxy) is 3. The number of methoxy groups -OCH3 is 1. The number of carbonyl (C=O) groups is 1. The highest BCUT2D eigenvalue weighted by molar-refractivity contribution is 5.89. The number of hydrogen-bond acceptors (Lipinski definition) is 8. The Morgan fingerprint density at radius 3 is 2.87 bits per heavy atom. The van der Waals surface area contributed by atoms with E-state index in [1.165, 1.54) is 11.9 Å². The van der Waals surface area contributed by atoms with Gasteiger partial charge in [-0.2, -0.15) is 13.2 Å². The summed E-state index contributed by atoms with van der Waals surface area (Å²) in [6, 6.07) is 1.62. The predicted octanol–water partition coefficient (Wildman–Crippen LogP) is 2.21. The number of halogens is 3. The Hall–Kier alpha value is -3.85. The number of nitrogens with zero attached hydrogens (tertiary/aromatic N) is 5. The zero-order chi connectivity index (χ0) is 27.7. The van der Waals surface area contributed by atoms with Crippen LogP contribution >= 0.6 is 0 Å². The number of pyridine rings is 2. The monoisotopic (exact) mass is 551 g/mol. The molecule has 0 radical (unpaired) electrons. The van der Waals surface area contributed by atoms with Gasteiger partial charge in [0.2, 0.25) is 5.88 Å². The normalized spacial score (nSPS) is 19.7. The molecule has 12 nitrogen and oxygen atoms in total. The molecule has 2 amide bonds. The molecule has 2 saturated heterocycles. The number of aromatic amines is 1. The first-order chi connectivity index (χ1) is 18.7. The first-order valence-corrected chi connectivity index (χ1v) is 12.3. The molecule has 0 saturated carbocycles. The van der Waals surface area contributed by atoms with Gasteiger partial charge in [-0.1, -0.05) is 0 Å². The highest BCUT2D eigenvalue weighted by Crippen LogP contribution is 2.32. The number of hydrogen-bond donors (Lipinski definition) is 2. The van der Waals surface area contributed by atoms with E-state index in [0.29, 0.717) is 56.5 Å². The summed E-state index contributed by atoms with van der Waals surface area (Å²) in [5, 5.41) is 10.1. The summed E-state index contributed by atoms with van der Waals surface area (Å²) >= 11 is 0. The lowest BCUT2D eigenvalue weighted by molar-refractivity contribution is -0.138. The van der Waals surface area contributed by atoms with Gasteiger partial charge in [0.1, 0.15) is 12.3 Å². The minimum atomic E-state index is -4.66. The van der Waals surface area contributed by atoms with E-state index in [1.807, 2.05) is 6.07 Å². The second-order valence-corrected chi connectivity index (χ2v) is 9.35. The first-order valence-electron chi connectivity index (χ1n) is 12.3. The number of anilines is 2. The second kappa shape index (κ2) is 10.7. The summed E-state index contributed by atoms with van der Waals surface area (Å²) in [5.41, 5.74) is -0.775. The van der Waals surface area contributed by atoms with E-state index in [0.717, 1.165) is 15.6 Å². The average molecular weight is 552 g/mol. The number of H-pyrrole nitrogens is 1. The number of amides is 2. The Bertz CT molecular complexity index is 1410. The molecular formula is C24H28F3N7O5. The SMILES string of the molecule is COCCOc1n[nH]c2ncc(N3CC[C@H]4[C@H](C3)OCCN4C(=O)Nc3cc(C(F)(F)F)cn(C)c3=O)cc12. The van der Waals surface area contributed by atoms with Crippen LogP contribution in [0.5, 0.6) is 5.88 Å². The number of fused-ring (bicyclic) bond motifs is 2. The minimum absolute atomic E-state index is 0.247. The number of morpholine rings is 1. The van der Waals surface area contributed by atoms with Crippen molar-refractivity contribution in [1.82, 2.24) is 24.6 Å². The fourth-order valence-corrected chi connectivity index (χ4v) is 4.90. The predicted molar refractivity (Wildman–Crippen MR) is 134 cm³/mol. The van der Waals surface area contributed by atoms with E-state index in [9.17, 15) is 22.8 Å². The van der Waals surface area contributed by atoms with E-state index in [2.05, 4.69) is 25.4 Å². The molecule has 2 N–H and O–H groups in total. The van der Waals surface area contributed by atoms with Gasteiger partial charge >= 0.3 is 12.2 Å². The van der Waals surface area contributed by atoms with Gasteiger partial charge in [-0.15, -0.1) is 5.10 Å². The molecule has 0 spiro atoms. The van der Waals surface area contributed by atoms with Crippen molar-refractivity contribution in [2.24, 2.45) is 7.05 Å². The van der Waals surface area contributed by atoms with Crippen LogP contribution in [0, 0.1) is 0 Å². The molecule has 0 bridgehead atoms.